The maximum atomic E-state index is 12.0. The van der Waals surface area contributed by atoms with Crippen LogP contribution in [0.4, 0.5) is 5.69 Å². The zero-order valence-electron chi connectivity index (χ0n) is 14.7. The first-order valence-electron chi connectivity index (χ1n) is 7.79. The monoisotopic (exact) mass is 371 g/mol. The van der Waals surface area contributed by atoms with Crippen LogP contribution in [0.15, 0.2) is 48.5 Å². The fraction of sp³-hybridized carbons (Fsp3) is 0.158. The number of non-ortho nitro benzene ring substituents is 1. The smallest absolute Gasteiger partial charge is 0.331 e. The molecule has 0 aromatic heterocycles. The van der Waals surface area contributed by atoms with Gasteiger partial charge in [-0.15, -0.1) is 0 Å². The molecular formula is C19H17NO7. The van der Waals surface area contributed by atoms with Gasteiger partial charge in [-0.25, -0.2) is 4.79 Å². The summed E-state index contributed by atoms with van der Waals surface area (Å²) < 4.78 is 15.2. The van der Waals surface area contributed by atoms with Crippen LogP contribution in [0, 0.1) is 10.1 Å². The molecule has 0 saturated heterocycles. The molecule has 0 aliphatic heterocycles. The average molecular weight is 371 g/mol. The van der Waals surface area contributed by atoms with Crippen LogP contribution in [0.5, 0.6) is 11.5 Å². The van der Waals surface area contributed by atoms with Crippen molar-refractivity contribution in [2.24, 2.45) is 0 Å². The van der Waals surface area contributed by atoms with E-state index in [4.69, 9.17) is 14.2 Å². The predicted octanol–water partition coefficient (Wildman–Crippen LogP) is 3.05. The number of benzene rings is 2. The second-order valence-corrected chi connectivity index (χ2v) is 5.28. The lowest BCUT2D eigenvalue weighted by Gasteiger charge is -2.07. The van der Waals surface area contributed by atoms with Gasteiger partial charge in [-0.2, -0.15) is 0 Å². The molecule has 0 atom stereocenters. The summed E-state index contributed by atoms with van der Waals surface area (Å²) in [5.74, 6) is -0.0786. The number of hydrogen-bond acceptors (Lipinski definition) is 7. The fourth-order valence-corrected chi connectivity index (χ4v) is 2.16. The lowest BCUT2D eigenvalue weighted by Crippen LogP contribution is -2.12. The van der Waals surface area contributed by atoms with Crippen LogP contribution in [0.2, 0.25) is 0 Å². The zero-order chi connectivity index (χ0) is 19.8. The summed E-state index contributed by atoms with van der Waals surface area (Å²) in [5.41, 5.74) is 0.782. The normalized spacial score (nSPS) is 10.4. The van der Waals surface area contributed by atoms with Crippen LogP contribution in [-0.4, -0.2) is 37.5 Å². The highest BCUT2D eigenvalue weighted by Crippen LogP contribution is 2.27. The van der Waals surface area contributed by atoms with Crippen molar-refractivity contribution in [2.75, 3.05) is 20.8 Å². The van der Waals surface area contributed by atoms with Gasteiger partial charge >= 0.3 is 5.97 Å². The Kier molecular flexibility index (Phi) is 6.65. The molecule has 8 nitrogen and oxygen atoms in total. The number of nitrogens with zero attached hydrogens (tertiary/aromatic N) is 1. The van der Waals surface area contributed by atoms with Crippen LogP contribution in [0.1, 0.15) is 15.9 Å². The summed E-state index contributed by atoms with van der Waals surface area (Å²) >= 11 is 0. The molecule has 0 radical (unpaired) electrons. The molecular weight excluding hydrogens is 354 g/mol. The minimum Gasteiger partial charge on any atom is -0.493 e. The van der Waals surface area contributed by atoms with Crippen molar-refractivity contribution in [3.63, 3.8) is 0 Å². The van der Waals surface area contributed by atoms with Gasteiger partial charge in [0.05, 0.1) is 19.1 Å². The molecule has 0 aliphatic rings. The number of nitro groups is 1. The molecule has 2 aromatic rings. The molecule has 0 amide bonds. The van der Waals surface area contributed by atoms with Crippen LogP contribution in [0.3, 0.4) is 0 Å². The first-order valence-corrected chi connectivity index (χ1v) is 7.79. The summed E-state index contributed by atoms with van der Waals surface area (Å²) in [4.78, 5) is 33.8. The third-order valence-corrected chi connectivity index (χ3v) is 3.57. The van der Waals surface area contributed by atoms with Gasteiger partial charge in [-0.05, 0) is 35.9 Å². The molecule has 0 bridgehead atoms. The number of Topliss-reactive ketones (excluding diaryl/α,β-unsaturated/α-hetero) is 1. The van der Waals surface area contributed by atoms with Crippen molar-refractivity contribution in [2.45, 2.75) is 0 Å². The Balaban J connectivity index is 1.92. The van der Waals surface area contributed by atoms with E-state index in [9.17, 15) is 19.7 Å². The first-order chi connectivity index (χ1) is 12.9. The van der Waals surface area contributed by atoms with Gasteiger partial charge in [0.15, 0.2) is 23.9 Å². The summed E-state index contributed by atoms with van der Waals surface area (Å²) in [5, 5.41) is 10.6. The Labute approximate surface area is 155 Å². The van der Waals surface area contributed by atoms with E-state index in [1.54, 1.807) is 18.2 Å². The van der Waals surface area contributed by atoms with Crippen molar-refractivity contribution in [3.8, 4) is 11.5 Å². The Bertz CT molecular complexity index is 872. The van der Waals surface area contributed by atoms with Gasteiger partial charge in [0.1, 0.15) is 0 Å². The summed E-state index contributed by atoms with van der Waals surface area (Å²) in [7, 11) is 3.02. The molecule has 0 unspecified atom stereocenters. The molecule has 2 rings (SSSR count). The molecule has 2 aromatic carbocycles. The number of rotatable bonds is 8. The number of ether oxygens (including phenoxy) is 3. The van der Waals surface area contributed by atoms with Crippen molar-refractivity contribution in [3.05, 3.63) is 69.8 Å². The number of methoxy groups -OCH3 is 2. The molecule has 0 spiro atoms. The third kappa shape index (κ3) is 5.40. The molecule has 8 heteroatoms. The van der Waals surface area contributed by atoms with Crippen LogP contribution in [-0.2, 0) is 9.53 Å². The highest BCUT2D eigenvalue weighted by molar-refractivity contribution is 5.99. The second-order valence-electron chi connectivity index (χ2n) is 5.28. The molecule has 0 saturated carbocycles. The SMILES string of the molecule is COc1ccc(C=CC(=O)OCC(=O)c2ccc([N+](=O)[O-])cc2)cc1OC. The van der Waals surface area contributed by atoms with Gasteiger partial charge in [0, 0.05) is 23.8 Å². The second kappa shape index (κ2) is 9.14. The maximum absolute atomic E-state index is 12.0. The van der Waals surface area contributed by atoms with Gasteiger partial charge < -0.3 is 14.2 Å². The minimum atomic E-state index is -0.694. The van der Waals surface area contributed by atoms with E-state index in [0.29, 0.717) is 17.1 Å². The fourth-order valence-electron chi connectivity index (χ4n) is 2.16. The van der Waals surface area contributed by atoms with E-state index < -0.39 is 23.3 Å². The van der Waals surface area contributed by atoms with Crippen molar-refractivity contribution in [1.29, 1.82) is 0 Å². The van der Waals surface area contributed by atoms with Crippen molar-refractivity contribution >= 4 is 23.5 Å². The largest absolute Gasteiger partial charge is 0.493 e. The van der Waals surface area contributed by atoms with Gasteiger partial charge in [0.2, 0.25) is 0 Å². The van der Waals surface area contributed by atoms with Crippen molar-refractivity contribution < 1.29 is 28.7 Å². The molecule has 0 fully saturated rings. The van der Waals surface area contributed by atoms with Crippen LogP contribution < -0.4 is 9.47 Å². The van der Waals surface area contributed by atoms with Gasteiger partial charge in [-0.1, -0.05) is 6.07 Å². The van der Waals surface area contributed by atoms with E-state index in [1.165, 1.54) is 50.6 Å². The Morgan fingerprint density at radius 2 is 1.70 bits per heavy atom. The minimum absolute atomic E-state index is 0.124. The first kappa shape index (κ1) is 19.6. The predicted molar refractivity (Wildman–Crippen MR) is 97.0 cm³/mol. The Morgan fingerprint density at radius 1 is 1.04 bits per heavy atom. The molecule has 0 heterocycles. The number of hydrogen-bond donors (Lipinski definition) is 0. The number of carbonyl (C=O) groups is 2. The standard InChI is InChI=1S/C19H17NO7/c1-25-17-9-3-13(11-18(17)26-2)4-10-19(22)27-12-16(21)14-5-7-15(8-6-14)20(23)24/h3-11H,12H2,1-2H3. The number of nitro benzene ring substituents is 1. The van der Waals surface area contributed by atoms with E-state index in [0.717, 1.165) is 0 Å². The molecule has 0 aliphatic carbocycles. The lowest BCUT2D eigenvalue weighted by molar-refractivity contribution is -0.384. The summed E-state index contributed by atoms with van der Waals surface area (Å²) in [6.07, 6.45) is 2.70. The lowest BCUT2D eigenvalue weighted by atomic mass is 10.1. The van der Waals surface area contributed by atoms with Gasteiger partial charge in [0.25, 0.3) is 5.69 Å². The molecule has 140 valence electrons. The van der Waals surface area contributed by atoms with E-state index in [1.807, 2.05) is 0 Å². The zero-order valence-corrected chi connectivity index (χ0v) is 14.7. The average Bonchev–Trinajstić information content (AvgIpc) is 2.70. The maximum Gasteiger partial charge on any atom is 0.331 e. The van der Waals surface area contributed by atoms with Crippen LogP contribution in [0.25, 0.3) is 6.08 Å². The molecule has 0 N–H and O–H groups in total. The van der Waals surface area contributed by atoms with E-state index >= 15 is 0 Å². The topological polar surface area (TPSA) is 105 Å². The number of carbonyl (C=O) groups excluding carboxylic acids is 2. The number of ketones is 1. The van der Waals surface area contributed by atoms with Gasteiger partial charge in [-0.3, -0.25) is 14.9 Å². The van der Waals surface area contributed by atoms with E-state index in [2.05, 4.69) is 0 Å². The summed E-state index contributed by atoms with van der Waals surface area (Å²) in [6.45, 7) is -0.465. The summed E-state index contributed by atoms with van der Waals surface area (Å²) in [6, 6.07) is 10.2. The van der Waals surface area contributed by atoms with Crippen molar-refractivity contribution in [1.82, 2.24) is 0 Å². The quantitative estimate of drug-likeness (QED) is 0.231. The highest BCUT2D eigenvalue weighted by Gasteiger charge is 2.11. The van der Waals surface area contributed by atoms with Crippen LogP contribution >= 0.6 is 0 Å². The Morgan fingerprint density at radius 3 is 2.30 bits per heavy atom. The Hall–Kier alpha value is -3.68. The number of esters is 1. The molecule has 27 heavy (non-hydrogen) atoms. The third-order valence-electron chi connectivity index (χ3n) is 3.57. The highest BCUT2D eigenvalue weighted by atomic mass is 16.6. The van der Waals surface area contributed by atoms with E-state index in [-0.39, 0.29) is 11.3 Å².